The molecule has 0 unspecified atom stereocenters. The van der Waals surface area contributed by atoms with Crippen LogP contribution >= 0.6 is 0 Å². The summed E-state index contributed by atoms with van der Waals surface area (Å²) >= 11 is 0. The molecule has 0 aliphatic heterocycles. The molecule has 0 radical (unpaired) electrons. The van der Waals surface area contributed by atoms with Crippen LogP contribution in [0.5, 0.6) is 0 Å². The smallest absolute Gasteiger partial charge is 0.338 e. The first-order chi connectivity index (χ1) is 11.2. The molecule has 0 N–H and O–H groups in total. The lowest BCUT2D eigenvalue weighted by Crippen LogP contribution is -2.10. The Hall–Kier alpha value is -1.82. The van der Waals surface area contributed by atoms with Crippen LogP contribution in [0.15, 0.2) is 18.2 Å². The van der Waals surface area contributed by atoms with Gasteiger partial charge in [0.15, 0.2) is 0 Å². The number of aryl methyl sites for hydroxylation is 1. The minimum atomic E-state index is -0.255. The fourth-order valence-corrected chi connectivity index (χ4v) is 2.56. The summed E-state index contributed by atoms with van der Waals surface area (Å²) in [5, 5.41) is 9.01. The molecular weight excluding hydrogens is 286 g/mol. The van der Waals surface area contributed by atoms with Gasteiger partial charge in [0, 0.05) is 0 Å². The quantitative estimate of drug-likeness (QED) is 0.405. The van der Waals surface area contributed by atoms with Crippen LogP contribution in [0.3, 0.4) is 0 Å². The average Bonchev–Trinajstić information content (AvgIpc) is 2.58. The number of carbonyl (C=O) groups excluding carboxylic acids is 1. The Bertz CT molecular complexity index is 517. The second-order valence-electron chi connectivity index (χ2n) is 5.99. The number of nitriles is 1. The minimum absolute atomic E-state index is 0.255. The molecule has 1 aromatic carbocycles. The van der Waals surface area contributed by atoms with Crippen LogP contribution in [-0.4, -0.2) is 12.6 Å². The van der Waals surface area contributed by atoms with Crippen molar-refractivity contribution in [2.24, 2.45) is 0 Å². The van der Waals surface area contributed by atoms with E-state index in [-0.39, 0.29) is 5.97 Å². The lowest BCUT2D eigenvalue weighted by Gasteiger charge is -2.10. The van der Waals surface area contributed by atoms with E-state index < -0.39 is 0 Å². The number of carbonyl (C=O) groups is 1. The van der Waals surface area contributed by atoms with Crippen molar-refractivity contribution in [3.8, 4) is 6.07 Å². The standard InChI is InChI=1S/C20H29NO2/c1-3-5-7-8-9-10-14-23-20(22)19-13-12-17(16-21)15-18(19)11-6-4-2/h12-13,15H,3-11,14H2,1-2H3. The number of hydrogen-bond acceptors (Lipinski definition) is 3. The van der Waals surface area contributed by atoms with Gasteiger partial charge in [-0.25, -0.2) is 4.79 Å². The molecule has 0 saturated carbocycles. The molecule has 0 aromatic heterocycles. The highest BCUT2D eigenvalue weighted by atomic mass is 16.5. The monoisotopic (exact) mass is 315 g/mol. The van der Waals surface area contributed by atoms with E-state index in [0.29, 0.717) is 17.7 Å². The van der Waals surface area contributed by atoms with E-state index in [1.807, 2.05) is 6.07 Å². The summed E-state index contributed by atoms with van der Waals surface area (Å²) in [6.07, 6.45) is 9.92. The van der Waals surface area contributed by atoms with Crippen molar-refractivity contribution in [1.82, 2.24) is 0 Å². The van der Waals surface area contributed by atoms with E-state index in [4.69, 9.17) is 10.00 Å². The van der Waals surface area contributed by atoms with Crippen LogP contribution < -0.4 is 0 Å². The summed E-state index contributed by atoms with van der Waals surface area (Å²) in [7, 11) is 0. The third-order valence-electron chi connectivity index (χ3n) is 3.98. The summed E-state index contributed by atoms with van der Waals surface area (Å²) in [6, 6.07) is 7.37. The van der Waals surface area contributed by atoms with Crippen molar-refractivity contribution in [2.75, 3.05) is 6.61 Å². The van der Waals surface area contributed by atoms with E-state index >= 15 is 0 Å². The number of nitrogens with zero attached hydrogens (tertiary/aromatic N) is 1. The molecule has 0 aliphatic carbocycles. The Balaban J connectivity index is 2.49. The van der Waals surface area contributed by atoms with Crippen LogP contribution in [0.1, 0.15) is 86.7 Å². The van der Waals surface area contributed by atoms with Crippen LogP contribution in [-0.2, 0) is 11.2 Å². The zero-order valence-electron chi connectivity index (χ0n) is 14.6. The molecule has 1 aromatic rings. The van der Waals surface area contributed by atoms with Gasteiger partial charge in [-0.05, 0) is 43.0 Å². The molecule has 3 nitrogen and oxygen atoms in total. The fraction of sp³-hybridized carbons (Fsp3) is 0.600. The fourth-order valence-electron chi connectivity index (χ4n) is 2.56. The third kappa shape index (κ3) is 7.32. The highest BCUT2D eigenvalue weighted by molar-refractivity contribution is 5.91. The second-order valence-corrected chi connectivity index (χ2v) is 5.99. The van der Waals surface area contributed by atoms with Crippen molar-refractivity contribution in [1.29, 1.82) is 5.26 Å². The number of esters is 1. The highest BCUT2D eigenvalue weighted by Gasteiger charge is 2.13. The Labute approximate surface area is 140 Å². The number of benzene rings is 1. The predicted molar refractivity (Wildman–Crippen MR) is 93.4 cm³/mol. The van der Waals surface area contributed by atoms with Crippen LogP contribution in [0.4, 0.5) is 0 Å². The first-order valence-corrected chi connectivity index (χ1v) is 8.93. The molecule has 0 atom stereocenters. The number of unbranched alkanes of at least 4 members (excludes halogenated alkanes) is 6. The molecule has 0 saturated heterocycles. The zero-order chi connectivity index (χ0) is 16.9. The second kappa shape index (κ2) is 11.7. The van der Waals surface area contributed by atoms with E-state index in [0.717, 1.165) is 37.7 Å². The van der Waals surface area contributed by atoms with E-state index in [2.05, 4.69) is 19.9 Å². The van der Waals surface area contributed by atoms with Crippen molar-refractivity contribution in [2.45, 2.75) is 71.6 Å². The van der Waals surface area contributed by atoms with Crippen LogP contribution in [0.25, 0.3) is 0 Å². The molecule has 0 aliphatic rings. The van der Waals surface area contributed by atoms with Crippen molar-refractivity contribution < 1.29 is 9.53 Å². The van der Waals surface area contributed by atoms with Gasteiger partial charge in [-0.3, -0.25) is 0 Å². The predicted octanol–water partition coefficient (Wildman–Crippen LogP) is 5.42. The van der Waals surface area contributed by atoms with Gasteiger partial charge in [0.25, 0.3) is 0 Å². The summed E-state index contributed by atoms with van der Waals surface area (Å²) in [5.74, 6) is -0.255. The van der Waals surface area contributed by atoms with Gasteiger partial charge in [0.2, 0.25) is 0 Å². The summed E-state index contributed by atoms with van der Waals surface area (Å²) in [6.45, 7) is 4.80. The molecule has 0 amide bonds. The number of rotatable bonds is 11. The topological polar surface area (TPSA) is 50.1 Å². The average molecular weight is 315 g/mol. The SMILES string of the molecule is CCCCCCCCOC(=O)c1ccc(C#N)cc1CCCC. The zero-order valence-corrected chi connectivity index (χ0v) is 14.6. The van der Waals surface area contributed by atoms with Crippen LogP contribution in [0, 0.1) is 11.3 Å². The first kappa shape index (κ1) is 19.2. The van der Waals surface area contributed by atoms with E-state index in [1.54, 1.807) is 12.1 Å². The van der Waals surface area contributed by atoms with Gasteiger partial charge in [0.05, 0.1) is 23.8 Å². The van der Waals surface area contributed by atoms with Crippen molar-refractivity contribution >= 4 is 5.97 Å². The number of ether oxygens (including phenoxy) is 1. The number of hydrogen-bond donors (Lipinski definition) is 0. The normalized spacial score (nSPS) is 10.3. The maximum atomic E-state index is 12.3. The summed E-state index contributed by atoms with van der Waals surface area (Å²) < 4.78 is 5.41. The molecule has 1 rings (SSSR count). The summed E-state index contributed by atoms with van der Waals surface area (Å²) in [5.41, 5.74) is 2.14. The Morgan fingerprint density at radius 1 is 1.04 bits per heavy atom. The molecular formula is C20H29NO2. The van der Waals surface area contributed by atoms with Gasteiger partial charge in [-0.15, -0.1) is 0 Å². The maximum absolute atomic E-state index is 12.3. The first-order valence-electron chi connectivity index (χ1n) is 8.93. The molecule has 126 valence electrons. The van der Waals surface area contributed by atoms with Crippen molar-refractivity contribution in [3.63, 3.8) is 0 Å². The largest absolute Gasteiger partial charge is 0.462 e. The van der Waals surface area contributed by atoms with Gasteiger partial charge >= 0.3 is 5.97 Å². The minimum Gasteiger partial charge on any atom is -0.462 e. The van der Waals surface area contributed by atoms with Gasteiger partial charge in [-0.2, -0.15) is 5.26 Å². The maximum Gasteiger partial charge on any atom is 0.338 e. The molecule has 3 heteroatoms. The summed E-state index contributed by atoms with van der Waals surface area (Å²) in [4.78, 5) is 12.3. The Morgan fingerprint density at radius 2 is 1.74 bits per heavy atom. The highest BCUT2D eigenvalue weighted by Crippen LogP contribution is 2.16. The van der Waals surface area contributed by atoms with Gasteiger partial charge < -0.3 is 4.74 Å². The molecule has 0 fully saturated rings. The van der Waals surface area contributed by atoms with E-state index in [1.165, 1.54) is 25.7 Å². The molecule has 0 spiro atoms. The van der Waals surface area contributed by atoms with Gasteiger partial charge in [-0.1, -0.05) is 52.4 Å². The third-order valence-corrected chi connectivity index (χ3v) is 3.98. The Kier molecular flexibility index (Phi) is 9.79. The Morgan fingerprint density at radius 3 is 2.43 bits per heavy atom. The van der Waals surface area contributed by atoms with Crippen LogP contribution in [0.2, 0.25) is 0 Å². The van der Waals surface area contributed by atoms with E-state index in [9.17, 15) is 4.79 Å². The molecule has 0 bridgehead atoms. The molecule has 0 heterocycles. The lowest BCUT2D eigenvalue weighted by molar-refractivity contribution is 0.0496. The lowest BCUT2D eigenvalue weighted by atomic mass is 9.99. The molecule has 23 heavy (non-hydrogen) atoms. The van der Waals surface area contributed by atoms with Crippen molar-refractivity contribution in [3.05, 3.63) is 34.9 Å². The van der Waals surface area contributed by atoms with Gasteiger partial charge in [0.1, 0.15) is 0 Å².